The quantitative estimate of drug-likeness (QED) is 0.0262. The fourth-order valence-corrected chi connectivity index (χ4v) is 7.07. The highest BCUT2D eigenvalue weighted by molar-refractivity contribution is 5.71. The van der Waals surface area contributed by atoms with Gasteiger partial charge in [0.1, 0.15) is 13.2 Å². The van der Waals surface area contributed by atoms with Crippen molar-refractivity contribution in [2.75, 3.05) is 13.2 Å². The Labute approximate surface area is 400 Å². The van der Waals surface area contributed by atoms with Gasteiger partial charge in [0, 0.05) is 19.3 Å². The van der Waals surface area contributed by atoms with Crippen molar-refractivity contribution in [1.29, 1.82) is 0 Å². The molecule has 0 heterocycles. The molecule has 370 valence electrons. The summed E-state index contributed by atoms with van der Waals surface area (Å²) in [5.41, 5.74) is 0. The summed E-state index contributed by atoms with van der Waals surface area (Å²) in [5.74, 6) is -0.988. The van der Waals surface area contributed by atoms with Crippen LogP contribution in [0.5, 0.6) is 0 Å². The van der Waals surface area contributed by atoms with E-state index in [4.69, 9.17) is 14.2 Å². The van der Waals surface area contributed by atoms with Gasteiger partial charge in [-0.05, 0) is 96.3 Å². The molecule has 0 saturated heterocycles. The number of esters is 3. The van der Waals surface area contributed by atoms with Crippen LogP contribution >= 0.6 is 0 Å². The van der Waals surface area contributed by atoms with Gasteiger partial charge in [-0.25, -0.2) is 0 Å². The van der Waals surface area contributed by atoms with E-state index in [9.17, 15) is 14.4 Å². The van der Waals surface area contributed by atoms with Gasteiger partial charge in [0.05, 0.1) is 0 Å². The van der Waals surface area contributed by atoms with E-state index >= 15 is 0 Å². The van der Waals surface area contributed by atoms with Gasteiger partial charge in [-0.2, -0.15) is 0 Å². The number of unbranched alkanes of at least 4 members (excludes halogenated alkanes) is 20. The molecular formula is C59H98O6. The first-order valence-electron chi connectivity index (χ1n) is 26.7. The molecule has 6 heteroatoms. The number of carbonyl (C=O) groups is 3. The summed E-state index contributed by atoms with van der Waals surface area (Å²) in [6.45, 7) is 6.43. The maximum atomic E-state index is 12.8. The van der Waals surface area contributed by atoms with E-state index in [0.717, 1.165) is 103 Å². The summed E-state index contributed by atoms with van der Waals surface area (Å²) in [5, 5.41) is 0. The van der Waals surface area contributed by atoms with Crippen LogP contribution in [0.1, 0.15) is 239 Å². The second kappa shape index (κ2) is 52.9. The van der Waals surface area contributed by atoms with E-state index in [1.165, 1.54) is 89.9 Å². The molecule has 0 spiro atoms. The Bertz CT molecular complexity index is 1310. The molecule has 0 saturated carbocycles. The Kier molecular flexibility index (Phi) is 50.0. The lowest BCUT2D eigenvalue weighted by molar-refractivity contribution is -0.167. The Balaban J connectivity index is 4.52. The third-order valence-electron chi connectivity index (χ3n) is 11.1. The molecule has 0 N–H and O–H groups in total. The lowest BCUT2D eigenvalue weighted by atomic mass is 10.0. The van der Waals surface area contributed by atoms with Crippen LogP contribution in [0.3, 0.4) is 0 Å². The monoisotopic (exact) mass is 903 g/mol. The molecule has 6 nitrogen and oxygen atoms in total. The first kappa shape index (κ1) is 61.3. The first-order valence-corrected chi connectivity index (χ1v) is 26.7. The molecular weight excluding hydrogens is 805 g/mol. The number of carbonyl (C=O) groups excluding carboxylic acids is 3. The summed E-state index contributed by atoms with van der Waals surface area (Å²) in [7, 11) is 0. The maximum Gasteiger partial charge on any atom is 0.306 e. The molecule has 0 aliphatic rings. The zero-order chi connectivity index (χ0) is 47.2. The third-order valence-corrected chi connectivity index (χ3v) is 11.1. The highest BCUT2D eigenvalue weighted by Crippen LogP contribution is 2.14. The van der Waals surface area contributed by atoms with Crippen LogP contribution in [0.2, 0.25) is 0 Å². The summed E-state index contributed by atoms with van der Waals surface area (Å²) in [6.07, 6.45) is 69.6. The van der Waals surface area contributed by atoms with Crippen molar-refractivity contribution >= 4 is 17.9 Å². The van der Waals surface area contributed by atoms with Crippen molar-refractivity contribution in [2.24, 2.45) is 0 Å². The Morgan fingerprint density at radius 3 is 1.02 bits per heavy atom. The molecule has 0 aromatic heterocycles. The fourth-order valence-electron chi connectivity index (χ4n) is 7.07. The molecule has 0 fully saturated rings. The zero-order valence-electron chi connectivity index (χ0n) is 42.2. The highest BCUT2D eigenvalue weighted by Gasteiger charge is 2.19. The zero-order valence-corrected chi connectivity index (χ0v) is 42.2. The molecule has 0 bridgehead atoms. The van der Waals surface area contributed by atoms with Crippen molar-refractivity contribution in [3.05, 3.63) is 97.2 Å². The molecule has 0 unspecified atom stereocenters. The van der Waals surface area contributed by atoms with Crippen LogP contribution in [0, 0.1) is 0 Å². The van der Waals surface area contributed by atoms with Crippen molar-refractivity contribution in [3.8, 4) is 0 Å². The van der Waals surface area contributed by atoms with Gasteiger partial charge >= 0.3 is 17.9 Å². The van der Waals surface area contributed by atoms with Crippen molar-refractivity contribution in [3.63, 3.8) is 0 Å². The van der Waals surface area contributed by atoms with Crippen molar-refractivity contribution < 1.29 is 28.6 Å². The summed E-state index contributed by atoms with van der Waals surface area (Å²) in [4.78, 5) is 38.0. The number of allylic oxidation sites excluding steroid dienone is 16. The van der Waals surface area contributed by atoms with Crippen LogP contribution < -0.4 is 0 Å². The van der Waals surface area contributed by atoms with Gasteiger partial charge < -0.3 is 14.2 Å². The minimum absolute atomic E-state index is 0.107. The van der Waals surface area contributed by atoms with E-state index in [0.29, 0.717) is 19.3 Å². The minimum atomic E-state index is -0.815. The summed E-state index contributed by atoms with van der Waals surface area (Å²) < 4.78 is 16.8. The SMILES string of the molecule is CC/C=C\C/C=C\C/C=C\C/C=C\C/C=C\CCCC(=O)O[C@H](COC(=O)CCCCCC/C=C\C/C=C\C/C=C\CCCCC)COC(=O)CCCCCCCCCCCCCCC. The van der Waals surface area contributed by atoms with E-state index in [1.54, 1.807) is 0 Å². The van der Waals surface area contributed by atoms with Gasteiger partial charge in [0.15, 0.2) is 6.10 Å². The lowest BCUT2D eigenvalue weighted by Crippen LogP contribution is -2.30. The molecule has 0 aromatic rings. The average molecular weight is 903 g/mol. The van der Waals surface area contributed by atoms with Gasteiger partial charge in [-0.3, -0.25) is 14.4 Å². The highest BCUT2D eigenvalue weighted by atomic mass is 16.6. The smallest absolute Gasteiger partial charge is 0.306 e. The molecule has 0 amide bonds. The van der Waals surface area contributed by atoms with Gasteiger partial charge in [-0.1, -0.05) is 221 Å². The van der Waals surface area contributed by atoms with Crippen LogP contribution in [0.25, 0.3) is 0 Å². The van der Waals surface area contributed by atoms with Crippen LogP contribution in [0.4, 0.5) is 0 Å². The van der Waals surface area contributed by atoms with E-state index < -0.39 is 6.10 Å². The fraction of sp³-hybridized carbons (Fsp3) is 0.678. The van der Waals surface area contributed by atoms with E-state index in [1.807, 2.05) is 0 Å². The van der Waals surface area contributed by atoms with E-state index in [2.05, 4.69) is 118 Å². The molecule has 65 heavy (non-hydrogen) atoms. The van der Waals surface area contributed by atoms with E-state index in [-0.39, 0.29) is 37.5 Å². The number of rotatable bonds is 47. The average Bonchev–Trinajstić information content (AvgIpc) is 3.30. The second-order valence-corrected chi connectivity index (χ2v) is 17.4. The molecule has 1 atom stereocenters. The molecule has 0 radical (unpaired) electrons. The Hall–Kier alpha value is -3.67. The van der Waals surface area contributed by atoms with Gasteiger partial charge in [0.25, 0.3) is 0 Å². The van der Waals surface area contributed by atoms with Crippen molar-refractivity contribution in [2.45, 2.75) is 245 Å². The summed E-state index contributed by atoms with van der Waals surface area (Å²) >= 11 is 0. The summed E-state index contributed by atoms with van der Waals surface area (Å²) in [6, 6.07) is 0. The molecule has 0 aromatic carbocycles. The first-order chi connectivity index (χ1) is 32.0. The molecule has 0 aliphatic carbocycles. The molecule has 0 aliphatic heterocycles. The normalized spacial score (nSPS) is 12.8. The predicted octanol–water partition coefficient (Wildman–Crippen LogP) is 17.8. The lowest BCUT2D eigenvalue weighted by Gasteiger charge is -2.18. The molecule has 0 rings (SSSR count). The number of ether oxygens (including phenoxy) is 3. The Morgan fingerprint density at radius 2 is 0.615 bits per heavy atom. The van der Waals surface area contributed by atoms with Crippen molar-refractivity contribution in [1.82, 2.24) is 0 Å². The van der Waals surface area contributed by atoms with Crippen LogP contribution in [-0.2, 0) is 28.6 Å². The van der Waals surface area contributed by atoms with Crippen LogP contribution in [-0.4, -0.2) is 37.2 Å². The number of hydrogen-bond acceptors (Lipinski definition) is 6. The third kappa shape index (κ3) is 51.2. The minimum Gasteiger partial charge on any atom is -0.462 e. The van der Waals surface area contributed by atoms with Gasteiger partial charge in [-0.15, -0.1) is 0 Å². The topological polar surface area (TPSA) is 78.9 Å². The predicted molar refractivity (Wildman–Crippen MR) is 279 cm³/mol. The number of hydrogen-bond donors (Lipinski definition) is 0. The Morgan fingerprint density at radius 1 is 0.323 bits per heavy atom. The maximum absolute atomic E-state index is 12.8. The van der Waals surface area contributed by atoms with Crippen LogP contribution in [0.15, 0.2) is 97.2 Å². The largest absolute Gasteiger partial charge is 0.462 e. The standard InChI is InChI=1S/C59H98O6/c1-4-7-10-13-16-19-22-25-27-29-31-34-37-40-43-46-49-52-58(61)64-55-56(54-63-57(60)51-48-45-42-39-36-33-24-21-18-15-12-9-6-3)65-59(62)53-50-47-44-41-38-35-32-30-28-26-23-20-17-14-11-8-5-2/h8,11,16-17,19-20,25-28,31-32,34-35,41,44,56H,4-7,9-10,12-15,18,21-24,29-30,33,36-40,42-43,45-55H2,1-3H3/b11-8-,19-16-,20-17-,27-25-,28-26-,34-31-,35-32-,44-41-/t56-/m0/s1. The van der Waals surface area contributed by atoms with Gasteiger partial charge in [0.2, 0.25) is 0 Å². The second-order valence-electron chi connectivity index (χ2n) is 17.4.